The van der Waals surface area contributed by atoms with Crippen LogP contribution in [0.3, 0.4) is 0 Å². The Balaban J connectivity index is 1.92. The molecule has 0 saturated heterocycles. The molecule has 0 unspecified atom stereocenters. The van der Waals surface area contributed by atoms with E-state index in [1.807, 2.05) is 24.3 Å². The number of nitro benzene ring substituents is 1. The summed E-state index contributed by atoms with van der Waals surface area (Å²) in [7, 11) is 0. The number of aryl methyl sites for hydroxylation is 1. The van der Waals surface area contributed by atoms with Crippen LogP contribution >= 0.6 is 0 Å². The highest BCUT2D eigenvalue weighted by Crippen LogP contribution is 2.23. The Morgan fingerprint density at radius 3 is 2.35 bits per heavy atom. The molecule has 2 aromatic rings. The van der Waals surface area contributed by atoms with Gasteiger partial charge in [0.25, 0.3) is 11.6 Å². The molecule has 1 N–H and O–H groups in total. The quantitative estimate of drug-likeness (QED) is 0.574. The van der Waals surface area contributed by atoms with Gasteiger partial charge in [0.05, 0.1) is 4.92 Å². The normalized spacial score (nSPS) is 10.3. The fourth-order valence-corrected chi connectivity index (χ4v) is 2.59. The van der Waals surface area contributed by atoms with Crippen LogP contribution in [0.1, 0.15) is 19.4 Å². The van der Waals surface area contributed by atoms with Gasteiger partial charge in [-0.1, -0.05) is 0 Å². The van der Waals surface area contributed by atoms with Crippen LogP contribution in [-0.4, -0.2) is 30.5 Å². The second-order valence-electron chi connectivity index (χ2n) is 5.76. The molecule has 0 saturated carbocycles. The number of hydrogen-bond acceptors (Lipinski definition) is 5. The predicted octanol–water partition coefficient (Wildman–Crippen LogP) is 3.77. The second kappa shape index (κ2) is 8.84. The molecule has 26 heavy (non-hydrogen) atoms. The molecular formula is C19H23N3O4. The lowest BCUT2D eigenvalue weighted by Crippen LogP contribution is -2.22. The molecule has 0 fully saturated rings. The number of nitrogens with zero attached hydrogens (tertiary/aromatic N) is 2. The Morgan fingerprint density at radius 1 is 1.15 bits per heavy atom. The number of benzene rings is 2. The molecule has 0 aliphatic heterocycles. The zero-order valence-corrected chi connectivity index (χ0v) is 15.2. The highest BCUT2D eigenvalue weighted by atomic mass is 16.6. The Kier molecular flexibility index (Phi) is 6.54. The van der Waals surface area contributed by atoms with Crippen molar-refractivity contribution in [2.24, 2.45) is 0 Å². The van der Waals surface area contributed by atoms with E-state index in [1.54, 1.807) is 6.92 Å². The van der Waals surface area contributed by atoms with Gasteiger partial charge in [-0.25, -0.2) is 0 Å². The average molecular weight is 357 g/mol. The smallest absolute Gasteiger partial charge is 0.269 e. The number of hydrogen-bond donors (Lipinski definition) is 1. The maximum absolute atomic E-state index is 12.0. The first-order valence-corrected chi connectivity index (χ1v) is 8.47. The summed E-state index contributed by atoms with van der Waals surface area (Å²) >= 11 is 0. The fourth-order valence-electron chi connectivity index (χ4n) is 2.59. The van der Waals surface area contributed by atoms with E-state index >= 15 is 0 Å². The minimum absolute atomic E-state index is 0.00686. The third-order valence-electron chi connectivity index (χ3n) is 4.01. The number of carbonyl (C=O) groups is 1. The SMILES string of the molecule is CCN(CC)c1ccc(NC(=O)COc2ccc([N+](=O)[O-])cc2C)cc1. The van der Waals surface area contributed by atoms with Crippen LogP contribution in [0.2, 0.25) is 0 Å². The summed E-state index contributed by atoms with van der Waals surface area (Å²) in [4.78, 5) is 24.5. The van der Waals surface area contributed by atoms with Crippen LogP contribution < -0.4 is 15.0 Å². The van der Waals surface area contributed by atoms with E-state index in [-0.39, 0.29) is 18.2 Å². The van der Waals surface area contributed by atoms with E-state index in [2.05, 4.69) is 24.1 Å². The van der Waals surface area contributed by atoms with E-state index < -0.39 is 4.92 Å². The molecule has 0 aliphatic carbocycles. The van der Waals surface area contributed by atoms with Crippen molar-refractivity contribution in [2.45, 2.75) is 20.8 Å². The predicted molar refractivity (Wildman–Crippen MR) is 102 cm³/mol. The van der Waals surface area contributed by atoms with Crippen LogP contribution in [0, 0.1) is 17.0 Å². The van der Waals surface area contributed by atoms with Gasteiger partial charge in [-0.2, -0.15) is 0 Å². The molecule has 1 amide bonds. The molecule has 138 valence electrons. The number of non-ortho nitro benzene ring substituents is 1. The van der Waals surface area contributed by atoms with Gasteiger partial charge in [0.1, 0.15) is 5.75 Å². The van der Waals surface area contributed by atoms with Gasteiger partial charge in [0, 0.05) is 36.6 Å². The number of amides is 1. The van der Waals surface area contributed by atoms with Crippen molar-refractivity contribution in [3.05, 3.63) is 58.1 Å². The molecule has 7 nitrogen and oxygen atoms in total. The van der Waals surface area contributed by atoms with Crippen LogP contribution in [0.4, 0.5) is 17.1 Å². The second-order valence-corrected chi connectivity index (χ2v) is 5.76. The highest BCUT2D eigenvalue weighted by molar-refractivity contribution is 5.92. The molecule has 7 heteroatoms. The Labute approximate surface area is 152 Å². The van der Waals surface area contributed by atoms with Crippen molar-refractivity contribution in [2.75, 3.05) is 29.9 Å². The van der Waals surface area contributed by atoms with Crippen molar-refractivity contribution < 1.29 is 14.5 Å². The van der Waals surface area contributed by atoms with Crippen LogP contribution in [0.5, 0.6) is 5.75 Å². The first-order chi connectivity index (χ1) is 12.4. The molecule has 2 rings (SSSR count). The Bertz CT molecular complexity index is 771. The van der Waals surface area contributed by atoms with Gasteiger partial charge in [0.15, 0.2) is 6.61 Å². The minimum Gasteiger partial charge on any atom is -0.483 e. The molecular weight excluding hydrogens is 334 g/mol. The Morgan fingerprint density at radius 2 is 1.81 bits per heavy atom. The van der Waals surface area contributed by atoms with Gasteiger partial charge in [-0.3, -0.25) is 14.9 Å². The third-order valence-corrected chi connectivity index (χ3v) is 4.01. The van der Waals surface area contributed by atoms with Gasteiger partial charge < -0.3 is 15.0 Å². The molecule has 0 heterocycles. The summed E-state index contributed by atoms with van der Waals surface area (Å²) in [6.07, 6.45) is 0. The number of rotatable bonds is 8. The summed E-state index contributed by atoms with van der Waals surface area (Å²) in [5.41, 5.74) is 2.39. The van der Waals surface area contributed by atoms with Gasteiger partial charge in [-0.15, -0.1) is 0 Å². The average Bonchev–Trinajstić information content (AvgIpc) is 2.63. The summed E-state index contributed by atoms with van der Waals surface area (Å²) in [5, 5.41) is 13.5. The minimum atomic E-state index is -0.467. The molecule has 0 aromatic heterocycles. The largest absolute Gasteiger partial charge is 0.483 e. The lowest BCUT2D eigenvalue weighted by molar-refractivity contribution is -0.384. The molecule has 2 aromatic carbocycles. The van der Waals surface area contributed by atoms with Gasteiger partial charge in [-0.05, 0) is 56.7 Å². The van der Waals surface area contributed by atoms with E-state index in [0.717, 1.165) is 18.8 Å². The molecule has 0 atom stereocenters. The van der Waals surface area contributed by atoms with Gasteiger partial charge >= 0.3 is 0 Å². The summed E-state index contributed by atoms with van der Waals surface area (Å²) in [5.74, 6) is 0.154. The summed E-state index contributed by atoms with van der Waals surface area (Å²) in [6, 6.07) is 11.9. The van der Waals surface area contributed by atoms with E-state index in [1.165, 1.54) is 18.2 Å². The van der Waals surface area contributed by atoms with Crippen molar-refractivity contribution in [3.63, 3.8) is 0 Å². The lowest BCUT2D eigenvalue weighted by atomic mass is 10.2. The van der Waals surface area contributed by atoms with Crippen molar-refractivity contribution in [1.29, 1.82) is 0 Å². The number of nitrogens with one attached hydrogen (secondary N) is 1. The van der Waals surface area contributed by atoms with Gasteiger partial charge in [0.2, 0.25) is 0 Å². The zero-order valence-electron chi connectivity index (χ0n) is 15.2. The third kappa shape index (κ3) is 4.95. The maximum atomic E-state index is 12.0. The van der Waals surface area contributed by atoms with Crippen LogP contribution in [0.25, 0.3) is 0 Å². The molecule has 0 spiro atoms. The maximum Gasteiger partial charge on any atom is 0.269 e. The molecule has 0 aliphatic rings. The monoisotopic (exact) mass is 357 g/mol. The number of carbonyl (C=O) groups excluding carboxylic acids is 1. The van der Waals surface area contributed by atoms with Crippen LogP contribution in [-0.2, 0) is 4.79 Å². The van der Waals surface area contributed by atoms with Crippen molar-refractivity contribution >= 4 is 23.0 Å². The highest BCUT2D eigenvalue weighted by Gasteiger charge is 2.11. The number of anilines is 2. The lowest BCUT2D eigenvalue weighted by Gasteiger charge is -2.21. The molecule has 0 bridgehead atoms. The van der Waals surface area contributed by atoms with E-state index in [9.17, 15) is 14.9 Å². The topological polar surface area (TPSA) is 84.7 Å². The molecule has 0 radical (unpaired) electrons. The fraction of sp³-hybridized carbons (Fsp3) is 0.316. The van der Waals surface area contributed by atoms with Crippen LogP contribution in [0.15, 0.2) is 42.5 Å². The standard InChI is InChI=1S/C19H23N3O4/c1-4-21(5-2)16-8-6-15(7-9-16)20-19(23)13-26-18-11-10-17(22(24)25)12-14(18)3/h6-12H,4-5,13H2,1-3H3,(H,20,23). The van der Waals surface area contributed by atoms with Crippen molar-refractivity contribution in [3.8, 4) is 5.75 Å². The van der Waals surface area contributed by atoms with E-state index in [0.29, 0.717) is 17.0 Å². The Hall–Kier alpha value is -3.09. The first kappa shape index (κ1) is 19.2. The van der Waals surface area contributed by atoms with Crippen molar-refractivity contribution in [1.82, 2.24) is 0 Å². The zero-order chi connectivity index (χ0) is 19.1. The van der Waals surface area contributed by atoms with E-state index in [4.69, 9.17) is 4.74 Å². The number of ether oxygens (including phenoxy) is 1. The first-order valence-electron chi connectivity index (χ1n) is 8.47. The number of nitro groups is 1. The summed E-state index contributed by atoms with van der Waals surface area (Å²) in [6.45, 7) is 7.56. The summed E-state index contributed by atoms with van der Waals surface area (Å²) < 4.78 is 5.46.